The molecule has 1 fully saturated rings. The van der Waals surface area contributed by atoms with E-state index in [1.807, 2.05) is 33.0 Å². The van der Waals surface area contributed by atoms with Gasteiger partial charge in [-0.1, -0.05) is 13.8 Å². The van der Waals surface area contributed by atoms with Crippen LogP contribution in [0.3, 0.4) is 0 Å². The fourth-order valence-corrected chi connectivity index (χ4v) is 3.10. The van der Waals surface area contributed by atoms with Crippen molar-refractivity contribution in [3.05, 3.63) is 17.7 Å². The van der Waals surface area contributed by atoms with Crippen molar-refractivity contribution in [3.8, 4) is 17.2 Å². The molecule has 22 heavy (non-hydrogen) atoms. The average molecular weight is 307 g/mol. The first-order valence-corrected chi connectivity index (χ1v) is 7.37. The summed E-state index contributed by atoms with van der Waals surface area (Å²) in [5.41, 5.74) is 0.701. The van der Waals surface area contributed by atoms with E-state index >= 15 is 0 Å². The van der Waals surface area contributed by atoms with Crippen LogP contribution in [0.25, 0.3) is 0 Å². The van der Waals surface area contributed by atoms with Gasteiger partial charge in [0.15, 0.2) is 11.5 Å². The summed E-state index contributed by atoms with van der Waals surface area (Å²) in [7, 11) is 6.82. The predicted octanol–water partition coefficient (Wildman–Crippen LogP) is 2.68. The maximum Gasteiger partial charge on any atom is 0.203 e. The van der Waals surface area contributed by atoms with E-state index in [1.165, 1.54) is 0 Å². The summed E-state index contributed by atoms with van der Waals surface area (Å²) in [6, 6.07) is 3.87. The number of benzene rings is 1. The smallest absolute Gasteiger partial charge is 0.203 e. The molecule has 1 atom stereocenters. The van der Waals surface area contributed by atoms with Crippen molar-refractivity contribution in [3.63, 3.8) is 0 Å². The summed E-state index contributed by atoms with van der Waals surface area (Å²) < 4.78 is 16.2. The zero-order valence-corrected chi connectivity index (χ0v) is 14.2. The van der Waals surface area contributed by atoms with E-state index in [2.05, 4.69) is 4.90 Å². The normalized spacial score (nSPS) is 21.5. The predicted molar refractivity (Wildman–Crippen MR) is 84.9 cm³/mol. The lowest BCUT2D eigenvalue weighted by atomic mass is 9.78. The number of hydrogen-bond donors (Lipinski definition) is 0. The quantitative estimate of drug-likeness (QED) is 0.856. The molecule has 0 radical (unpaired) electrons. The topological polar surface area (TPSA) is 48.0 Å². The Balaban J connectivity index is 2.42. The molecular weight excluding hydrogens is 282 g/mol. The number of carbonyl (C=O) groups excluding carboxylic acids is 1. The molecule has 1 aliphatic heterocycles. The lowest BCUT2D eigenvalue weighted by Crippen LogP contribution is -2.45. The Morgan fingerprint density at radius 1 is 1.09 bits per heavy atom. The molecule has 1 heterocycles. The van der Waals surface area contributed by atoms with Crippen LogP contribution in [0.2, 0.25) is 0 Å². The Kier molecular flexibility index (Phi) is 4.66. The zero-order valence-electron chi connectivity index (χ0n) is 14.2. The highest BCUT2D eigenvalue weighted by molar-refractivity contribution is 5.86. The largest absolute Gasteiger partial charge is 0.493 e. The van der Waals surface area contributed by atoms with Crippen LogP contribution in [-0.2, 0) is 4.79 Å². The van der Waals surface area contributed by atoms with E-state index in [1.54, 1.807) is 21.3 Å². The molecule has 0 unspecified atom stereocenters. The van der Waals surface area contributed by atoms with Crippen molar-refractivity contribution in [1.29, 1.82) is 0 Å². The van der Waals surface area contributed by atoms with Crippen LogP contribution in [0.5, 0.6) is 17.2 Å². The first-order valence-electron chi connectivity index (χ1n) is 7.37. The molecule has 122 valence electrons. The molecule has 1 aliphatic rings. The SMILES string of the molecule is COc1cc([C@@H]2CC(=O)C(C)(C)CN2C)cc(OC)c1OC. The number of piperidine rings is 1. The van der Waals surface area contributed by atoms with Crippen LogP contribution >= 0.6 is 0 Å². The minimum absolute atomic E-state index is 0.0224. The van der Waals surface area contributed by atoms with E-state index in [-0.39, 0.29) is 17.2 Å². The molecule has 5 nitrogen and oxygen atoms in total. The van der Waals surface area contributed by atoms with E-state index < -0.39 is 0 Å². The Morgan fingerprint density at radius 2 is 1.64 bits per heavy atom. The highest BCUT2D eigenvalue weighted by Crippen LogP contribution is 2.43. The number of nitrogens with zero attached hydrogens (tertiary/aromatic N) is 1. The molecule has 0 amide bonds. The zero-order chi connectivity index (χ0) is 16.5. The molecule has 0 spiro atoms. The van der Waals surface area contributed by atoms with Crippen molar-refractivity contribution in [2.24, 2.45) is 5.41 Å². The van der Waals surface area contributed by atoms with Crippen molar-refractivity contribution in [2.45, 2.75) is 26.3 Å². The van der Waals surface area contributed by atoms with Gasteiger partial charge in [-0.3, -0.25) is 9.69 Å². The molecule has 0 aliphatic carbocycles. The summed E-state index contributed by atoms with van der Waals surface area (Å²) >= 11 is 0. The number of carbonyl (C=O) groups is 1. The minimum Gasteiger partial charge on any atom is -0.493 e. The van der Waals surface area contributed by atoms with Gasteiger partial charge >= 0.3 is 0 Å². The monoisotopic (exact) mass is 307 g/mol. The molecule has 0 saturated carbocycles. The summed E-state index contributed by atoms with van der Waals surface area (Å²) in [6.07, 6.45) is 0.488. The lowest BCUT2D eigenvalue weighted by Gasteiger charge is -2.40. The van der Waals surface area contributed by atoms with E-state index in [0.29, 0.717) is 23.7 Å². The second kappa shape index (κ2) is 6.16. The number of hydrogen-bond acceptors (Lipinski definition) is 5. The molecule has 1 saturated heterocycles. The molecular formula is C17H25NO4. The third kappa shape index (κ3) is 2.90. The van der Waals surface area contributed by atoms with Gasteiger partial charge < -0.3 is 14.2 Å². The Bertz CT molecular complexity index is 543. The number of methoxy groups -OCH3 is 3. The third-order valence-corrected chi connectivity index (χ3v) is 4.38. The maximum absolute atomic E-state index is 12.4. The summed E-state index contributed by atoms with van der Waals surface area (Å²) in [5.74, 6) is 2.08. The van der Waals surface area contributed by atoms with Gasteiger partial charge in [0.2, 0.25) is 5.75 Å². The third-order valence-electron chi connectivity index (χ3n) is 4.38. The highest BCUT2D eigenvalue weighted by atomic mass is 16.5. The summed E-state index contributed by atoms with van der Waals surface area (Å²) in [5, 5.41) is 0. The molecule has 1 aromatic carbocycles. The van der Waals surface area contributed by atoms with Gasteiger partial charge in [0.1, 0.15) is 5.78 Å². The van der Waals surface area contributed by atoms with Crippen molar-refractivity contribution in [2.75, 3.05) is 34.9 Å². The van der Waals surface area contributed by atoms with Crippen LogP contribution in [0, 0.1) is 5.41 Å². The second-order valence-corrected chi connectivity index (χ2v) is 6.40. The number of ketones is 1. The average Bonchev–Trinajstić information content (AvgIpc) is 2.48. The van der Waals surface area contributed by atoms with E-state index in [9.17, 15) is 4.79 Å². The molecule has 1 aromatic rings. The Morgan fingerprint density at radius 3 is 2.09 bits per heavy atom. The highest BCUT2D eigenvalue weighted by Gasteiger charge is 2.39. The fraction of sp³-hybridized carbons (Fsp3) is 0.588. The van der Waals surface area contributed by atoms with Gasteiger partial charge in [-0.25, -0.2) is 0 Å². The first kappa shape index (κ1) is 16.6. The van der Waals surface area contributed by atoms with Crippen LogP contribution in [0.1, 0.15) is 31.9 Å². The van der Waals surface area contributed by atoms with Gasteiger partial charge in [-0.15, -0.1) is 0 Å². The number of ether oxygens (including phenoxy) is 3. The van der Waals surface area contributed by atoms with Crippen LogP contribution < -0.4 is 14.2 Å². The lowest BCUT2D eigenvalue weighted by molar-refractivity contribution is -0.133. The van der Waals surface area contributed by atoms with E-state index in [4.69, 9.17) is 14.2 Å². The standard InChI is InChI=1S/C17H25NO4/c1-17(2)10-18(3)12(9-15(17)19)11-7-13(20-4)16(22-6)14(8-11)21-5/h7-8,12H,9-10H2,1-6H3/t12-/m0/s1. The number of likely N-dealkylation sites (tertiary alicyclic amines) is 1. The molecule has 2 rings (SSSR count). The van der Waals surface area contributed by atoms with Gasteiger partial charge in [-0.05, 0) is 24.7 Å². The fourth-order valence-electron chi connectivity index (χ4n) is 3.10. The summed E-state index contributed by atoms with van der Waals surface area (Å²) in [4.78, 5) is 14.6. The molecule has 0 bridgehead atoms. The van der Waals surface area contributed by atoms with Crippen molar-refractivity contribution in [1.82, 2.24) is 4.90 Å². The van der Waals surface area contributed by atoms with Crippen LogP contribution in [0.15, 0.2) is 12.1 Å². The molecule has 0 N–H and O–H groups in total. The molecule has 5 heteroatoms. The first-order chi connectivity index (χ1) is 10.3. The minimum atomic E-state index is -0.300. The van der Waals surface area contributed by atoms with Crippen molar-refractivity contribution < 1.29 is 19.0 Å². The van der Waals surface area contributed by atoms with Crippen LogP contribution in [-0.4, -0.2) is 45.6 Å². The van der Waals surface area contributed by atoms with E-state index in [0.717, 1.165) is 12.1 Å². The maximum atomic E-state index is 12.4. The van der Waals surface area contributed by atoms with Gasteiger partial charge in [0.05, 0.1) is 21.3 Å². The van der Waals surface area contributed by atoms with Crippen molar-refractivity contribution >= 4 is 5.78 Å². The Labute approximate surface area is 132 Å². The Hall–Kier alpha value is -1.75. The van der Waals surface area contributed by atoms with Gasteiger partial charge in [0, 0.05) is 24.4 Å². The second-order valence-electron chi connectivity index (χ2n) is 6.40. The number of Topliss-reactive ketones (excluding diaryl/α,β-unsaturated/α-hetero) is 1. The van der Waals surface area contributed by atoms with Gasteiger partial charge in [0.25, 0.3) is 0 Å². The summed E-state index contributed by atoms with van der Waals surface area (Å²) in [6.45, 7) is 4.72. The number of rotatable bonds is 4. The molecule has 0 aromatic heterocycles. The van der Waals surface area contributed by atoms with Crippen LogP contribution in [0.4, 0.5) is 0 Å². The van der Waals surface area contributed by atoms with Gasteiger partial charge in [-0.2, -0.15) is 0 Å².